The summed E-state index contributed by atoms with van der Waals surface area (Å²) >= 11 is 0. The fourth-order valence-corrected chi connectivity index (χ4v) is 1.40. The lowest BCUT2D eigenvalue weighted by Crippen LogP contribution is -1.99. The lowest BCUT2D eigenvalue weighted by Gasteiger charge is -1.99. The van der Waals surface area contributed by atoms with Crippen LogP contribution in [0.3, 0.4) is 0 Å². The van der Waals surface area contributed by atoms with Crippen molar-refractivity contribution in [3.63, 3.8) is 0 Å². The Morgan fingerprint density at radius 1 is 1.43 bits per heavy atom. The van der Waals surface area contributed by atoms with Gasteiger partial charge in [0.15, 0.2) is 0 Å². The molecule has 5 heteroatoms. The highest BCUT2D eigenvalue weighted by Crippen LogP contribution is 2.50. The summed E-state index contributed by atoms with van der Waals surface area (Å²) in [5.74, 6) is -2.53. The van der Waals surface area contributed by atoms with Crippen LogP contribution in [0.5, 0.6) is 0 Å². The molecule has 1 aliphatic rings. The molecule has 3 nitrogen and oxygen atoms in total. The molecule has 1 fully saturated rings. The molecular formula is C9H11F2N3. The number of hydrogen-bond donors (Lipinski definition) is 1. The average molecular weight is 199 g/mol. The minimum Gasteiger partial charge on any atom is -0.382 e. The largest absolute Gasteiger partial charge is 0.382 e. The van der Waals surface area contributed by atoms with E-state index in [4.69, 9.17) is 5.73 Å². The Balaban J connectivity index is 1.84. The zero-order valence-corrected chi connectivity index (χ0v) is 7.58. The van der Waals surface area contributed by atoms with Crippen LogP contribution in [-0.2, 0) is 6.42 Å². The number of halogens is 2. The minimum atomic E-state index is -2.43. The molecule has 2 N–H and O–H groups in total. The number of rotatable bonds is 3. The van der Waals surface area contributed by atoms with E-state index >= 15 is 0 Å². The van der Waals surface area contributed by atoms with Gasteiger partial charge in [0, 0.05) is 12.3 Å². The Morgan fingerprint density at radius 3 is 2.64 bits per heavy atom. The summed E-state index contributed by atoms with van der Waals surface area (Å²) in [6.07, 6.45) is 4.03. The van der Waals surface area contributed by atoms with Crippen molar-refractivity contribution in [1.82, 2.24) is 9.97 Å². The molecule has 1 aromatic rings. The van der Waals surface area contributed by atoms with Gasteiger partial charge in [-0.05, 0) is 12.8 Å². The van der Waals surface area contributed by atoms with Crippen LogP contribution >= 0.6 is 0 Å². The molecule has 14 heavy (non-hydrogen) atoms. The van der Waals surface area contributed by atoms with Gasteiger partial charge < -0.3 is 5.73 Å². The van der Waals surface area contributed by atoms with Gasteiger partial charge in [0.2, 0.25) is 0 Å². The molecule has 0 aromatic carbocycles. The van der Waals surface area contributed by atoms with Crippen LogP contribution in [0.1, 0.15) is 18.5 Å². The molecule has 76 valence electrons. The van der Waals surface area contributed by atoms with Crippen molar-refractivity contribution in [2.75, 3.05) is 5.73 Å². The van der Waals surface area contributed by atoms with E-state index < -0.39 is 11.8 Å². The summed E-state index contributed by atoms with van der Waals surface area (Å²) in [5, 5.41) is 0. The number of nitrogens with zero attached hydrogens (tertiary/aromatic N) is 2. The molecule has 0 bridgehead atoms. The summed E-state index contributed by atoms with van der Waals surface area (Å²) in [7, 11) is 0. The smallest absolute Gasteiger partial charge is 0.251 e. The van der Waals surface area contributed by atoms with Crippen LogP contribution < -0.4 is 5.73 Å². The summed E-state index contributed by atoms with van der Waals surface area (Å²) in [4.78, 5) is 7.83. The van der Waals surface area contributed by atoms with Crippen LogP contribution in [0.2, 0.25) is 0 Å². The van der Waals surface area contributed by atoms with Crippen molar-refractivity contribution in [3.05, 3.63) is 18.1 Å². The fraction of sp³-hybridized carbons (Fsp3) is 0.556. The van der Waals surface area contributed by atoms with Crippen molar-refractivity contribution in [2.24, 2.45) is 5.92 Å². The van der Waals surface area contributed by atoms with Gasteiger partial charge in [0.1, 0.15) is 5.82 Å². The molecule has 0 amide bonds. The second-order valence-electron chi connectivity index (χ2n) is 3.63. The summed E-state index contributed by atoms with van der Waals surface area (Å²) < 4.78 is 25.0. The van der Waals surface area contributed by atoms with Gasteiger partial charge in [-0.3, -0.25) is 4.98 Å². The second kappa shape index (κ2) is 3.15. The van der Waals surface area contributed by atoms with Crippen molar-refractivity contribution in [2.45, 2.75) is 25.2 Å². The molecule has 0 aliphatic heterocycles. The number of alkyl halides is 2. The van der Waals surface area contributed by atoms with Crippen LogP contribution in [0, 0.1) is 5.92 Å². The SMILES string of the molecule is Nc1cnc(CCC2CC2(F)F)cn1. The highest BCUT2D eigenvalue weighted by molar-refractivity contribution is 5.22. The van der Waals surface area contributed by atoms with Crippen LogP contribution in [0.15, 0.2) is 12.4 Å². The Labute approximate surface area is 80.4 Å². The van der Waals surface area contributed by atoms with Crippen molar-refractivity contribution < 1.29 is 8.78 Å². The lowest BCUT2D eigenvalue weighted by atomic mass is 10.2. The van der Waals surface area contributed by atoms with Crippen molar-refractivity contribution in [3.8, 4) is 0 Å². The van der Waals surface area contributed by atoms with Gasteiger partial charge in [0.25, 0.3) is 5.92 Å². The quantitative estimate of drug-likeness (QED) is 0.805. The molecule has 2 rings (SSSR count). The van der Waals surface area contributed by atoms with Gasteiger partial charge >= 0.3 is 0 Å². The Hall–Kier alpha value is -1.26. The third kappa shape index (κ3) is 1.97. The molecule has 1 unspecified atom stereocenters. The first-order chi connectivity index (χ1) is 6.58. The highest BCUT2D eigenvalue weighted by atomic mass is 19.3. The first-order valence-corrected chi connectivity index (χ1v) is 4.52. The van der Waals surface area contributed by atoms with Crippen LogP contribution in [0.25, 0.3) is 0 Å². The molecule has 0 saturated heterocycles. The standard InChI is InChI=1S/C9H11F2N3/c10-9(11)3-6(9)1-2-7-4-14-8(12)5-13-7/h4-6H,1-3H2,(H2,12,14). The van der Waals surface area contributed by atoms with E-state index in [1.165, 1.54) is 12.4 Å². The van der Waals surface area contributed by atoms with Gasteiger partial charge in [-0.25, -0.2) is 13.8 Å². The minimum absolute atomic E-state index is 0.0232. The molecule has 0 radical (unpaired) electrons. The monoisotopic (exact) mass is 199 g/mol. The van der Waals surface area contributed by atoms with Gasteiger partial charge in [0.05, 0.1) is 18.1 Å². The molecule has 1 aromatic heterocycles. The third-order valence-electron chi connectivity index (χ3n) is 2.43. The third-order valence-corrected chi connectivity index (χ3v) is 2.43. The molecule has 1 saturated carbocycles. The number of aryl methyl sites for hydroxylation is 1. The first-order valence-electron chi connectivity index (χ1n) is 4.52. The van der Waals surface area contributed by atoms with E-state index in [9.17, 15) is 8.78 Å². The summed E-state index contributed by atoms with van der Waals surface area (Å²) in [6.45, 7) is 0. The molecule has 0 spiro atoms. The number of nitrogens with two attached hydrogens (primary N) is 1. The zero-order chi connectivity index (χ0) is 10.2. The molecule has 1 aliphatic carbocycles. The average Bonchev–Trinajstić information content (AvgIpc) is 2.73. The highest BCUT2D eigenvalue weighted by Gasteiger charge is 2.55. The van der Waals surface area contributed by atoms with E-state index in [2.05, 4.69) is 9.97 Å². The van der Waals surface area contributed by atoms with Gasteiger partial charge in [-0.15, -0.1) is 0 Å². The van der Waals surface area contributed by atoms with E-state index in [1.807, 2.05) is 0 Å². The molecule has 1 atom stereocenters. The second-order valence-corrected chi connectivity index (χ2v) is 3.63. The maximum absolute atomic E-state index is 12.5. The lowest BCUT2D eigenvalue weighted by molar-refractivity contribution is 0.0971. The Morgan fingerprint density at radius 2 is 2.14 bits per heavy atom. The predicted octanol–water partition coefficient (Wildman–Crippen LogP) is 1.65. The van der Waals surface area contributed by atoms with Crippen molar-refractivity contribution >= 4 is 5.82 Å². The Kier molecular flexibility index (Phi) is 2.09. The van der Waals surface area contributed by atoms with E-state index in [1.54, 1.807) is 0 Å². The van der Waals surface area contributed by atoms with Crippen LogP contribution in [0.4, 0.5) is 14.6 Å². The maximum Gasteiger partial charge on any atom is 0.251 e. The Bertz CT molecular complexity index is 323. The number of anilines is 1. The number of nitrogen functional groups attached to an aromatic ring is 1. The van der Waals surface area contributed by atoms with E-state index in [0.29, 0.717) is 18.7 Å². The zero-order valence-electron chi connectivity index (χ0n) is 7.58. The van der Waals surface area contributed by atoms with Crippen LogP contribution in [-0.4, -0.2) is 15.9 Å². The molecular weight excluding hydrogens is 188 g/mol. The normalized spacial score (nSPS) is 23.4. The molecule has 1 heterocycles. The summed E-state index contributed by atoms with van der Waals surface area (Å²) in [5.41, 5.74) is 6.07. The number of aromatic nitrogens is 2. The van der Waals surface area contributed by atoms with Gasteiger partial charge in [-0.1, -0.05) is 0 Å². The van der Waals surface area contributed by atoms with E-state index in [0.717, 1.165) is 5.69 Å². The van der Waals surface area contributed by atoms with Gasteiger partial charge in [-0.2, -0.15) is 0 Å². The topological polar surface area (TPSA) is 51.8 Å². The predicted molar refractivity (Wildman–Crippen MR) is 47.8 cm³/mol. The summed E-state index contributed by atoms with van der Waals surface area (Å²) in [6, 6.07) is 0. The fourth-order valence-electron chi connectivity index (χ4n) is 1.40. The van der Waals surface area contributed by atoms with Crippen molar-refractivity contribution in [1.29, 1.82) is 0 Å². The number of hydrogen-bond acceptors (Lipinski definition) is 3. The first kappa shape index (κ1) is 9.30. The van der Waals surface area contributed by atoms with E-state index in [-0.39, 0.29) is 6.42 Å². The maximum atomic E-state index is 12.5.